The molecule has 0 spiro atoms. The van der Waals surface area contributed by atoms with Gasteiger partial charge in [0, 0.05) is 5.69 Å². The molecule has 1 atom stereocenters. The maximum atomic E-state index is 12.8. The Morgan fingerprint density at radius 1 is 1.11 bits per heavy atom. The number of hydrogen-bond acceptors (Lipinski definition) is 6. The minimum atomic E-state index is -3.82. The van der Waals surface area contributed by atoms with Crippen molar-refractivity contribution in [1.82, 2.24) is 0 Å². The maximum Gasteiger partial charge on any atom is 0.347 e. The van der Waals surface area contributed by atoms with Gasteiger partial charge < -0.3 is 14.8 Å². The van der Waals surface area contributed by atoms with Crippen molar-refractivity contribution in [1.29, 1.82) is 0 Å². The Bertz CT molecular complexity index is 913. The second-order valence-electron chi connectivity index (χ2n) is 5.44. The number of halogens is 1. The van der Waals surface area contributed by atoms with Crippen molar-refractivity contribution in [2.75, 3.05) is 11.9 Å². The molecule has 3 N–H and O–H groups in total. The SMILES string of the molecule is C[C@@H](Oc1ccc(F)cc1)C(=O)OCC(=O)Nc1ccc(S(N)(=O)=O)cc1. The Hall–Kier alpha value is -2.98. The number of carbonyl (C=O) groups excluding carboxylic acids is 2. The average molecular weight is 396 g/mol. The summed E-state index contributed by atoms with van der Waals surface area (Å²) in [6.07, 6.45) is -1.00. The highest BCUT2D eigenvalue weighted by Gasteiger charge is 2.18. The second kappa shape index (κ2) is 8.60. The van der Waals surface area contributed by atoms with E-state index < -0.39 is 40.4 Å². The number of rotatable bonds is 7. The smallest absolute Gasteiger partial charge is 0.347 e. The summed E-state index contributed by atoms with van der Waals surface area (Å²) < 4.78 is 45.3. The second-order valence-corrected chi connectivity index (χ2v) is 7.00. The summed E-state index contributed by atoms with van der Waals surface area (Å²) in [4.78, 5) is 23.5. The summed E-state index contributed by atoms with van der Waals surface area (Å²) in [5, 5.41) is 7.41. The molecule has 0 aliphatic rings. The van der Waals surface area contributed by atoms with Crippen molar-refractivity contribution in [3.8, 4) is 5.75 Å². The molecule has 0 radical (unpaired) electrons. The Balaban J connectivity index is 1.82. The molecule has 8 nitrogen and oxygen atoms in total. The van der Waals surface area contributed by atoms with Crippen molar-refractivity contribution in [2.24, 2.45) is 5.14 Å². The number of amides is 1. The number of benzene rings is 2. The summed E-state index contributed by atoms with van der Waals surface area (Å²) in [5.41, 5.74) is 0.305. The molecular formula is C17H17FN2O6S. The number of esters is 1. The van der Waals surface area contributed by atoms with Gasteiger partial charge in [-0.1, -0.05) is 0 Å². The molecule has 2 aromatic carbocycles. The van der Waals surface area contributed by atoms with Gasteiger partial charge in [-0.3, -0.25) is 4.79 Å². The number of sulfonamides is 1. The van der Waals surface area contributed by atoms with Gasteiger partial charge in [-0.25, -0.2) is 22.7 Å². The van der Waals surface area contributed by atoms with Crippen molar-refractivity contribution >= 4 is 27.6 Å². The van der Waals surface area contributed by atoms with E-state index in [-0.39, 0.29) is 10.6 Å². The van der Waals surface area contributed by atoms with Crippen LogP contribution in [0.1, 0.15) is 6.92 Å². The number of ether oxygens (including phenoxy) is 2. The van der Waals surface area contributed by atoms with E-state index in [0.717, 1.165) is 0 Å². The summed E-state index contributed by atoms with van der Waals surface area (Å²) in [6, 6.07) is 10.2. The van der Waals surface area contributed by atoms with Crippen LogP contribution in [-0.2, 0) is 24.3 Å². The molecule has 2 rings (SSSR count). The van der Waals surface area contributed by atoms with Gasteiger partial charge in [-0.05, 0) is 55.5 Å². The number of nitrogens with two attached hydrogens (primary N) is 1. The van der Waals surface area contributed by atoms with Gasteiger partial charge in [-0.15, -0.1) is 0 Å². The maximum absolute atomic E-state index is 12.8. The van der Waals surface area contributed by atoms with Crippen molar-refractivity contribution in [2.45, 2.75) is 17.9 Å². The minimum absolute atomic E-state index is 0.0984. The van der Waals surface area contributed by atoms with E-state index in [1.54, 1.807) is 0 Å². The van der Waals surface area contributed by atoms with Gasteiger partial charge in [0.1, 0.15) is 11.6 Å². The quantitative estimate of drug-likeness (QED) is 0.682. The summed E-state index contributed by atoms with van der Waals surface area (Å²) in [5.74, 6) is -1.56. The van der Waals surface area contributed by atoms with Crippen LogP contribution in [0.15, 0.2) is 53.4 Å². The van der Waals surface area contributed by atoms with Crippen LogP contribution in [0.4, 0.5) is 10.1 Å². The normalized spacial score (nSPS) is 12.1. The molecule has 0 fully saturated rings. The highest BCUT2D eigenvalue weighted by atomic mass is 32.2. The molecular weight excluding hydrogens is 379 g/mol. The molecule has 0 heterocycles. The van der Waals surface area contributed by atoms with Gasteiger partial charge in [0.05, 0.1) is 4.90 Å². The molecule has 2 aromatic rings. The Morgan fingerprint density at radius 2 is 1.70 bits per heavy atom. The van der Waals surface area contributed by atoms with Crippen LogP contribution < -0.4 is 15.2 Å². The van der Waals surface area contributed by atoms with Crippen LogP contribution in [0.25, 0.3) is 0 Å². The Kier molecular flexibility index (Phi) is 6.48. The first-order valence-corrected chi connectivity index (χ1v) is 9.21. The van der Waals surface area contributed by atoms with E-state index >= 15 is 0 Å². The van der Waals surface area contributed by atoms with Gasteiger partial charge in [-0.2, -0.15) is 0 Å². The molecule has 27 heavy (non-hydrogen) atoms. The lowest BCUT2D eigenvalue weighted by atomic mass is 10.3. The van der Waals surface area contributed by atoms with Crippen LogP contribution in [0.2, 0.25) is 0 Å². The van der Waals surface area contributed by atoms with Crippen molar-refractivity contribution in [3.63, 3.8) is 0 Å². The Morgan fingerprint density at radius 3 is 2.26 bits per heavy atom. The van der Waals surface area contributed by atoms with E-state index in [2.05, 4.69) is 5.32 Å². The number of nitrogens with one attached hydrogen (secondary N) is 1. The van der Waals surface area contributed by atoms with Crippen molar-refractivity contribution < 1.29 is 31.9 Å². The Labute approximate surface area is 155 Å². The van der Waals surface area contributed by atoms with E-state index in [1.807, 2.05) is 0 Å². The van der Waals surface area contributed by atoms with Gasteiger partial charge in [0.2, 0.25) is 10.0 Å². The van der Waals surface area contributed by atoms with Crippen LogP contribution in [0, 0.1) is 5.82 Å². The largest absolute Gasteiger partial charge is 0.479 e. The molecule has 0 aromatic heterocycles. The van der Waals surface area contributed by atoms with E-state index in [4.69, 9.17) is 14.6 Å². The predicted molar refractivity (Wildman–Crippen MR) is 93.9 cm³/mol. The monoisotopic (exact) mass is 396 g/mol. The average Bonchev–Trinajstić information content (AvgIpc) is 2.61. The highest BCUT2D eigenvalue weighted by Crippen LogP contribution is 2.14. The fourth-order valence-electron chi connectivity index (χ4n) is 1.94. The fraction of sp³-hybridized carbons (Fsp3) is 0.176. The summed E-state index contributed by atoms with van der Waals surface area (Å²) in [6.45, 7) is 0.864. The third-order valence-electron chi connectivity index (χ3n) is 3.27. The third kappa shape index (κ3) is 6.35. The minimum Gasteiger partial charge on any atom is -0.479 e. The number of hydrogen-bond donors (Lipinski definition) is 2. The lowest BCUT2D eigenvalue weighted by molar-refractivity contribution is -0.153. The van der Waals surface area contributed by atoms with E-state index in [9.17, 15) is 22.4 Å². The number of anilines is 1. The zero-order valence-electron chi connectivity index (χ0n) is 14.2. The molecule has 0 unspecified atom stereocenters. The lowest BCUT2D eigenvalue weighted by Gasteiger charge is -2.14. The molecule has 144 valence electrons. The van der Waals surface area contributed by atoms with E-state index in [0.29, 0.717) is 5.69 Å². The third-order valence-corrected chi connectivity index (χ3v) is 4.20. The van der Waals surface area contributed by atoms with Crippen LogP contribution in [-0.4, -0.2) is 33.0 Å². The first-order valence-electron chi connectivity index (χ1n) is 7.67. The van der Waals surface area contributed by atoms with Crippen LogP contribution >= 0.6 is 0 Å². The van der Waals surface area contributed by atoms with E-state index in [1.165, 1.54) is 55.5 Å². The highest BCUT2D eigenvalue weighted by molar-refractivity contribution is 7.89. The van der Waals surface area contributed by atoms with Crippen molar-refractivity contribution in [3.05, 3.63) is 54.3 Å². The summed E-state index contributed by atoms with van der Waals surface area (Å²) in [7, 11) is -3.82. The van der Waals surface area contributed by atoms with Gasteiger partial charge >= 0.3 is 5.97 Å². The molecule has 0 saturated carbocycles. The van der Waals surface area contributed by atoms with Crippen LogP contribution in [0.3, 0.4) is 0 Å². The first kappa shape index (κ1) is 20.3. The zero-order valence-corrected chi connectivity index (χ0v) is 15.0. The molecule has 1 amide bonds. The van der Waals surface area contributed by atoms with Gasteiger partial charge in [0.15, 0.2) is 12.7 Å². The van der Waals surface area contributed by atoms with Gasteiger partial charge in [0.25, 0.3) is 5.91 Å². The predicted octanol–water partition coefficient (Wildman–Crippen LogP) is 1.42. The molecule has 0 bridgehead atoms. The summed E-state index contributed by atoms with van der Waals surface area (Å²) >= 11 is 0. The molecule has 0 saturated heterocycles. The number of carbonyl (C=O) groups is 2. The standard InChI is InChI=1S/C17H17FN2O6S/c1-11(26-14-6-2-12(18)3-7-14)17(22)25-10-16(21)20-13-4-8-15(9-5-13)27(19,23)24/h2-9,11H,10H2,1H3,(H,20,21)(H2,19,23,24)/t11-/m1/s1. The first-order chi connectivity index (χ1) is 12.6. The topological polar surface area (TPSA) is 125 Å². The lowest BCUT2D eigenvalue weighted by Crippen LogP contribution is -2.29. The van der Waals surface area contributed by atoms with Crippen LogP contribution in [0.5, 0.6) is 5.75 Å². The fourth-order valence-corrected chi connectivity index (χ4v) is 2.46. The number of primary sulfonamides is 1. The molecule has 0 aliphatic carbocycles. The molecule has 0 aliphatic heterocycles. The zero-order chi connectivity index (χ0) is 20.0. The molecule has 10 heteroatoms.